The van der Waals surface area contributed by atoms with Crippen LogP contribution < -0.4 is 10.5 Å². The topological polar surface area (TPSA) is 122 Å². The molecule has 0 aliphatic carbocycles. The van der Waals surface area contributed by atoms with Gasteiger partial charge in [-0.05, 0) is 30.2 Å². The van der Waals surface area contributed by atoms with Crippen molar-refractivity contribution >= 4 is 33.2 Å². The molecule has 0 fully saturated rings. The third-order valence-electron chi connectivity index (χ3n) is 4.54. The van der Waals surface area contributed by atoms with Gasteiger partial charge in [0.05, 0.1) is 17.2 Å². The maximum Gasteiger partial charge on any atom is 0.243 e. The molecule has 0 radical (unpaired) electrons. The van der Waals surface area contributed by atoms with E-state index in [9.17, 15) is 18.0 Å². The fraction of sp³-hybridized carbons (Fsp3) is 0.250. The fourth-order valence-corrected chi connectivity index (χ4v) is 3.84. The number of nitrogens with one attached hydrogen (secondary N) is 1. The number of hydrogen-bond donors (Lipinski definition) is 2. The molecule has 9 heteroatoms. The zero-order valence-electron chi connectivity index (χ0n) is 16.0. The second-order valence-electron chi connectivity index (χ2n) is 6.75. The first-order valence-corrected chi connectivity index (χ1v) is 10.7. The van der Waals surface area contributed by atoms with Gasteiger partial charge in [-0.25, -0.2) is 18.6 Å². The Morgan fingerprint density at radius 2 is 1.86 bits per heavy atom. The van der Waals surface area contributed by atoms with E-state index in [2.05, 4.69) is 10.4 Å². The van der Waals surface area contributed by atoms with Crippen molar-refractivity contribution in [1.82, 2.24) is 5.01 Å². The van der Waals surface area contributed by atoms with Crippen molar-refractivity contribution in [3.63, 3.8) is 0 Å². The van der Waals surface area contributed by atoms with Crippen LogP contribution in [-0.4, -0.2) is 37.5 Å². The summed E-state index contributed by atoms with van der Waals surface area (Å²) in [7, 11) is -3.88. The van der Waals surface area contributed by atoms with E-state index in [1.165, 1.54) is 11.1 Å². The number of nitrogens with two attached hydrogens (primary N) is 1. The van der Waals surface area contributed by atoms with E-state index >= 15 is 0 Å². The molecule has 0 bridgehead atoms. The monoisotopic (exact) mass is 414 g/mol. The number of carbonyl (C=O) groups excluding carboxylic acids is 2. The number of sulfonamides is 1. The molecule has 0 saturated carbocycles. The predicted molar refractivity (Wildman–Crippen MR) is 110 cm³/mol. The Balaban J connectivity index is 1.56. The number of nitrogens with zero attached hydrogens (tertiary/aromatic N) is 2. The van der Waals surface area contributed by atoms with Crippen LogP contribution in [0.3, 0.4) is 0 Å². The van der Waals surface area contributed by atoms with E-state index in [1.807, 2.05) is 30.3 Å². The van der Waals surface area contributed by atoms with E-state index in [0.29, 0.717) is 24.2 Å². The van der Waals surface area contributed by atoms with Gasteiger partial charge in [0.1, 0.15) is 0 Å². The van der Waals surface area contributed by atoms with Gasteiger partial charge in [-0.15, -0.1) is 0 Å². The highest BCUT2D eigenvalue weighted by molar-refractivity contribution is 7.89. The smallest absolute Gasteiger partial charge is 0.243 e. The molecule has 1 heterocycles. The minimum absolute atomic E-state index is 0.00527. The molecular weight excluding hydrogens is 392 g/mol. The molecule has 1 aliphatic rings. The Morgan fingerprint density at radius 3 is 2.55 bits per heavy atom. The van der Waals surface area contributed by atoms with Crippen molar-refractivity contribution in [3.8, 4) is 0 Å². The van der Waals surface area contributed by atoms with Gasteiger partial charge in [0.15, 0.2) is 0 Å². The van der Waals surface area contributed by atoms with Crippen LogP contribution in [-0.2, 0) is 19.6 Å². The van der Waals surface area contributed by atoms with Gasteiger partial charge in [-0.2, -0.15) is 5.10 Å². The summed E-state index contributed by atoms with van der Waals surface area (Å²) >= 11 is 0. The summed E-state index contributed by atoms with van der Waals surface area (Å²) in [4.78, 5) is 24.5. The van der Waals surface area contributed by atoms with Crippen LogP contribution in [0.15, 0.2) is 58.5 Å². The average Bonchev–Trinajstić information content (AvgIpc) is 3.18. The summed E-state index contributed by atoms with van der Waals surface area (Å²) in [5.41, 5.74) is 2.62. The van der Waals surface area contributed by atoms with Gasteiger partial charge in [-0.3, -0.25) is 9.59 Å². The molecule has 2 aromatic rings. The molecule has 0 saturated heterocycles. The lowest BCUT2D eigenvalue weighted by atomic mass is 10.1. The molecule has 2 aromatic carbocycles. The molecule has 0 atom stereocenters. The number of primary sulfonamides is 1. The van der Waals surface area contributed by atoms with Crippen molar-refractivity contribution in [1.29, 1.82) is 0 Å². The van der Waals surface area contributed by atoms with Gasteiger partial charge < -0.3 is 5.32 Å². The Morgan fingerprint density at radius 1 is 1.14 bits per heavy atom. The van der Waals surface area contributed by atoms with Crippen molar-refractivity contribution in [3.05, 3.63) is 59.7 Å². The molecule has 8 nitrogen and oxygen atoms in total. The molecule has 29 heavy (non-hydrogen) atoms. The van der Waals surface area contributed by atoms with Gasteiger partial charge in [-0.1, -0.05) is 36.4 Å². The first kappa shape index (κ1) is 20.7. The summed E-state index contributed by atoms with van der Waals surface area (Å²) in [5, 5.41) is 13.5. The molecule has 0 spiro atoms. The Labute approximate surface area is 169 Å². The molecule has 1 aliphatic heterocycles. The highest BCUT2D eigenvalue weighted by Gasteiger charge is 2.22. The van der Waals surface area contributed by atoms with Crippen molar-refractivity contribution in [2.24, 2.45) is 10.2 Å². The second kappa shape index (κ2) is 8.54. The predicted octanol–water partition coefficient (Wildman–Crippen LogP) is 2.00. The Hall–Kier alpha value is -3.04. The lowest BCUT2D eigenvalue weighted by Crippen LogP contribution is -2.25. The summed E-state index contributed by atoms with van der Waals surface area (Å²) < 4.78 is 23.2. The summed E-state index contributed by atoms with van der Waals surface area (Å²) in [6, 6.07) is 14.1. The summed E-state index contributed by atoms with van der Waals surface area (Å²) in [5.74, 6) is -0.630. The quantitative estimate of drug-likeness (QED) is 0.750. The minimum Gasteiger partial charge on any atom is -0.326 e. The number of carbonyl (C=O) groups is 2. The highest BCUT2D eigenvalue weighted by atomic mass is 32.2. The highest BCUT2D eigenvalue weighted by Crippen LogP contribution is 2.19. The molecule has 0 aromatic heterocycles. The van der Waals surface area contributed by atoms with Crippen molar-refractivity contribution in [2.75, 3.05) is 11.9 Å². The van der Waals surface area contributed by atoms with Gasteiger partial charge >= 0.3 is 0 Å². The second-order valence-corrected chi connectivity index (χ2v) is 8.28. The van der Waals surface area contributed by atoms with E-state index in [0.717, 1.165) is 11.3 Å². The Kier molecular flexibility index (Phi) is 6.09. The number of hydrazone groups is 1. The standard InChI is InChI=1S/C20H22N4O4S/c1-14-7-8-16(13-18(14)29(21,27)28)22-19(25)9-10-20(26)24-12-11-17(23-24)15-5-3-2-4-6-15/h2-8,13H,9-12H2,1H3,(H,22,25)(H2,21,27,28). The molecule has 152 valence electrons. The van der Waals surface area contributed by atoms with Crippen LogP contribution in [0, 0.1) is 6.92 Å². The van der Waals surface area contributed by atoms with E-state index in [1.54, 1.807) is 19.1 Å². The number of amides is 2. The number of benzene rings is 2. The lowest BCUT2D eigenvalue weighted by molar-refractivity contribution is -0.132. The molecule has 2 amide bonds. The van der Waals surface area contributed by atoms with E-state index in [4.69, 9.17) is 5.14 Å². The maximum absolute atomic E-state index is 12.4. The summed E-state index contributed by atoms with van der Waals surface area (Å²) in [6.07, 6.45) is 0.636. The van der Waals surface area contributed by atoms with Gasteiger partial charge in [0.2, 0.25) is 21.8 Å². The van der Waals surface area contributed by atoms with Crippen LogP contribution >= 0.6 is 0 Å². The van der Waals surface area contributed by atoms with Crippen LogP contribution in [0.4, 0.5) is 5.69 Å². The van der Waals surface area contributed by atoms with E-state index in [-0.39, 0.29) is 23.6 Å². The van der Waals surface area contributed by atoms with Crippen LogP contribution in [0.1, 0.15) is 30.4 Å². The molecular formula is C20H22N4O4S. The van der Waals surface area contributed by atoms with Gasteiger partial charge in [0, 0.05) is 24.9 Å². The van der Waals surface area contributed by atoms with E-state index < -0.39 is 15.9 Å². The largest absolute Gasteiger partial charge is 0.326 e. The third-order valence-corrected chi connectivity index (χ3v) is 5.59. The SMILES string of the molecule is Cc1ccc(NC(=O)CCC(=O)N2CCC(c3ccccc3)=N2)cc1S(N)(=O)=O. The van der Waals surface area contributed by atoms with Crippen LogP contribution in [0.5, 0.6) is 0 Å². The fourth-order valence-electron chi connectivity index (χ4n) is 3.03. The number of anilines is 1. The van der Waals surface area contributed by atoms with Crippen LogP contribution in [0.25, 0.3) is 0 Å². The normalized spacial score (nSPS) is 13.9. The lowest BCUT2D eigenvalue weighted by Gasteiger charge is -2.12. The van der Waals surface area contributed by atoms with Crippen molar-refractivity contribution in [2.45, 2.75) is 31.1 Å². The zero-order chi connectivity index (χ0) is 21.0. The average molecular weight is 414 g/mol. The van der Waals surface area contributed by atoms with Gasteiger partial charge in [0.25, 0.3) is 0 Å². The number of aryl methyl sites for hydroxylation is 1. The number of rotatable bonds is 6. The molecule has 0 unspecified atom stereocenters. The Bertz CT molecular complexity index is 1070. The number of hydrogen-bond acceptors (Lipinski definition) is 5. The minimum atomic E-state index is -3.88. The van der Waals surface area contributed by atoms with Crippen LogP contribution in [0.2, 0.25) is 0 Å². The maximum atomic E-state index is 12.4. The molecule has 3 rings (SSSR count). The first-order chi connectivity index (χ1) is 13.7. The summed E-state index contributed by atoms with van der Waals surface area (Å²) in [6.45, 7) is 2.10. The zero-order valence-corrected chi connectivity index (χ0v) is 16.8. The molecule has 3 N–H and O–H groups in total. The van der Waals surface area contributed by atoms with Crippen molar-refractivity contribution < 1.29 is 18.0 Å². The third kappa shape index (κ3) is 5.27. The first-order valence-electron chi connectivity index (χ1n) is 9.10.